The van der Waals surface area contributed by atoms with Crippen LogP contribution in [0.5, 0.6) is 5.75 Å². The molecule has 9 nitrogen and oxygen atoms in total. The van der Waals surface area contributed by atoms with Crippen LogP contribution in [0.25, 0.3) is 0 Å². The number of rotatable bonds is 5. The molecule has 0 bridgehead atoms. The second kappa shape index (κ2) is 8.10. The lowest BCUT2D eigenvalue weighted by atomic mass is 9.84. The number of amides is 1. The van der Waals surface area contributed by atoms with Gasteiger partial charge in [-0.2, -0.15) is 0 Å². The molecule has 2 N–H and O–H groups in total. The first-order valence-corrected chi connectivity index (χ1v) is 11.6. The highest BCUT2D eigenvalue weighted by Gasteiger charge is 2.46. The van der Waals surface area contributed by atoms with E-state index in [0.717, 1.165) is 11.8 Å². The molecule has 1 aromatic carbocycles. The summed E-state index contributed by atoms with van der Waals surface area (Å²) in [6.45, 7) is 2.02. The number of fused-ring (bicyclic) bond motifs is 3. The molecule has 3 aliphatic heterocycles. The van der Waals surface area contributed by atoms with Gasteiger partial charge in [-0.25, -0.2) is 8.42 Å². The lowest BCUT2D eigenvalue weighted by Gasteiger charge is -2.38. The number of ether oxygens (including phenoxy) is 3. The van der Waals surface area contributed by atoms with Crippen LogP contribution >= 0.6 is 0 Å². The molecule has 0 unspecified atom stereocenters. The lowest BCUT2D eigenvalue weighted by Crippen LogP contribution is -2.48. The van der Waals surface area contributed by atoms with E-state index in [1.54, 1.807) is 23.1 Å². The second-order valence-electron chi connectivity index (χ2n) is 7.73. The number of aliphatic hydroxyl groups is 1. The predicted octanol–water partition coefficient (Wildman–Crippen LogP) is 0.301. The van der Waals surface area contributed by atoms with Crippen LogP contribution in [-0.4, -0.2) is 81.8 Å². The first-order valence-electron chi connectivity index (χ1n) is 9.74. The Morgan fingerprint density at radius 2 is 2.07 bits per heavy atom. The van der Waals surface area contributed by atoms with E-state index in [0.29, 0.717) is 44.2 Å². The van der Waals surface area contributed by atoms with Crippen molar-refractivity contribution in [3.63, 3.8) is 0 Å². The van der Waals surface area contributed by atoms with Crippen LogP contribution in [0.15, 0.2) is 18.2 Å². The zero-order valence-corrected chi connectivity index (χ0v) is 17.1. The number of benzene rings is 1. The highest BCUT2D eigenvalue weighted by Crippen LogP contribution is 2.47. The van der Waals surface area contributed by atoms with Gasteiger partial charge in [-0.3, -0.25) is 9.52 Å². The van der Waals surface area contributed by atoms with Crippen LogP contribution in [0.3, 0.4) is 0 Å². The van der Waals surface area contributed by atoms with Gasteiger partial charge in [0, 0.05) is 30.3 Å². The number of anilines is 1. The maximum absolute atomic E-state index is 12.6. The fourth-order valence-corrected chi connectivity index (χ4v) is 4.86. The van der Waals surface area contributed by atoms with E-state index in [4.69, 9.17) is 14.2 Å². The third-order valence-electron chi connectivity index (χ3n) is 5.57. The van der Waals surface area contributed by atoms with Gasteiger partial charge in [-0.05, 0) is 24.6 Å². The minimum atomic E-state index is -3.39. The molecule has 3 heterocycles. The van der Waals surface area contributed by atoms with E-state index >= 15 is 0 Å². The molecule has 1 aromatic rings. The minimum absolute atomic E-state index is 0.0140. The topological polar surface area (TPSA) is 114 Å². The summed E-state index contributed by atoms with van der Waals surface area (Å²) in [7, 11) is -3.39. The number of carbonyl (C=O) groups is 1. The van der Waals surface area contributed by atoms with Gasteiger partial charge in [0.1, 0.15) is 18.0 Å². The van der Waals surface area contributed by atoms with Gasteiger partial charge in [0.2, 0.25) is 15.9 Å². The molecule has 0 spiro atoms. The summed E-state index contributed by atoms with van der Waals surface area (Å²) in [6, 6.07) is 5.14. The van der Waals surface area contributed by atoms with Crippen molar-refractivity contribution in [1.29, 1.82) is 0 Å². The molecule has 1 amide bonds. The predicted molar refractivity (Wildman–Crippen MR) is 104 cm³/mol. The van der Waals surface area contributed by atoms with Crippen LogP contribution in [0.1, 0.15) is 24.3 Å². The normalized spacial score (nSPS) is 29.0. The summed E-state index contributed by atoms with van der Waals surface area (Å²) < 4.78 is 42.9. The molecule has 2 saturated heterocycles. The van der Waals surface area contributed by atoms with Crippen molar-refractivity contribution < 1.29 is 32.5 Å². The number of morpholine rings is 1. The van der Waals surface area contributed by atoms with Crippen molar-refractivity contribution in [2.24, 2.45) is 0 Å². The Morgan fingerprint density at radius 1 is 1.31 bits per heavy atom. The average molecular weight is 426 g/mol. The van der Waals surface area contributed by atoms with Crippen molar-refractivity contribution >= 4 is 21.6 Å². The van der Waals surface area contributed by atoms with E-state index < -0.39 is 16.1 Å². The molecule has 4 rings (SSSR count). The van der Waals surface area contributed by atoms with Gasteiger partial charge in [0.15, 0.2) is 0 Å². The molecule has 29 heavy (non-hydrogen) atoms. The Morgan fingerprint density at radius 3 is 2.76 bits per heavy atom. The maximum atomic E-state index is 12.6. The summed E-state index contributed by atoms with van der Waals surface area (Å²) in [5.74, 6) is 0.584. The van der Waals surface area contributed by atoms with Crippen molar-refractivity contribution in [3.8, 4) is 5.75 Å². The molecule has 4 atom stereocenters. The zero-order valence-electron chi connectivity index (χ0n) is 16.2. The van der Waals surface area contributed by atoms with Crippen molar-refractivity contribution in [1.82, 2.24) is 4.90 Å². The van der Waals surface area contributed by atoms with Crippen LogP contribution in [0.2, 0.25) is 0 Å². The van der Waals surface area contributed by atoms with Gasteiger partial charge < -0.3 is 24.2 Å². The summed E-state index contributed by atoms with van der Waals surface area (Å²) in [5, 5.41) is 9.82. The number of nitrogens with one attached hydrogen (secondary N) is 1. The highest BCUT2D eigenvalue weighted by atomic mass is 32.2. The van der Waals surface area contributed by atoms with E-state index in [1.807, 2.05) is 0 Å². The first-order chi connectivity index (χ1) is 13.8. The molecule has 0 aromatic heterocycles. The quantitative estimate of drug-likeness (QED) is 0.696. The summed E-state index contributed by atoms with van der Waals surface area (Å²) in [4.78, 5) is 14.4. The Kier molecular flexibility index (Phi) is 5.69. The Balaban J connectivity index is 1.51. The largest absolute Gasteiger partial charge is 0.487 e. The number of hydrogen-bond donors (Lipinski definition) is 2. The van der Waals surface area contributed by atoms with Gasteiger partial charge in [-0.15, -0.1) is 0 Å². The van der Waals surface area contributed by atoms with Gasteiger partial charge >= 0.3 is 0 Å². The third-order valence-corrected chi connectivity index (χ3v) is 6.18. The summed E-state index contributed by atoms with van der Waals surface area (Å²) in [5.41, 5.74) is 1.33. The highest BCUT2D eigenvalue weighted by molar-refractivity contribution is 7.92. The SMILES string of the molecule is CS(=O)(=O)Nc1ccc2c(c1)[C@H]1C[C@H](CC(=O)N3CCOCC3)O[C@@H](CO)[C@H]1O2. The van der Waals surface area contributed by atoms with Crippen LogP contribution in [-0.2, 0) is 24.3 Å². The van der Waals surface area contributed by atoms with E-state index in [1.165, 1.54) is 0 Å². The van der Waals surface area contributed by atoms with Crippen molar-refractivity contribution in [2.45, 2.75) is 37.1 Å². The fraction of sp³-hybridized carbons (Fsp3) is 0.632. The molecule has 0 saturated carbocycles. The van der Waals surface area contributed by atoms with Gasteiger partial charge in [0.05, 0.1) is 38.6 Å². The second-order valence-corrected chi connectivity index (χ2v) is 9.48. The molecule has 0 aliphatic carbocycles. The summed E-state index contributed by atoms with van der Waals surface area (Å²) in [6.07, 6.45) is 0.643. The number of sulfonamides is 1. The minimum Gasteiger partial charge on any atom is -0.487 e. The molecule has 3 aliphatic rings. The number of hydrogen-bond acceptors (Lipinski definition) is 7. The Hall–Kier alpha value is -1.88. The van der Waals surface area contributed by atoms with Gasteiger partial charge in [-0.1, -0.05) is 0 Å². The van der Waals surface area contributed by atoms with Crippen LogP contribution < -0.4 is 9.46 Å². The van der Waals surface area contributed by atoms with Crippen LogP contribution in [0, 0.1) is 0 Å². The Bertz CT molecular complexity index is 869. The fourth-order valence-electron chi connectivity index (χ4n) is 4.30. The van der Waals surface area contributed by atoms with Crippen molar-refractivity contribution in [2.75, 3.05) is 43.9 Å². The summed E-state index contributed by atoms with van der Waals surface area (Å²) >= 11 is 0. The van der Waals surface area contributed by atoms with Gasteiger partial charge in [0.25, 0.3) is 0 Å². The van der Waals surface area contributed by atoms with E-state index in [2.05, 4.69) is 4.72 Å². The van der Waals surface area contributed by atoms with Crippen LogP contribution in [0.4, 0.5) is 5.69 Å². The molecular weight excluding hydrogens is 400 g/mol. The number of nitrogens with zero attached hydrogens (tertiary/aromatic N) is 1. The Labute approximate surface area is 170 Å². The molecule has 2 fully saturated rings. The molecule has 0 radical (unpaired) electrons. The number of aliphatic hydroxyl groups excluding tert-OH is 1. The van der Waals surface area contributed by atoms with Crippen molar-refractivity contribution in [3.05, 3.63) is 23.8 Å². The monoisotopic (exact) mass is 426 g/mol. The smallest absolute Gasteiger partial charge is 0.229 e. The zero-order chi connectivity index (χ0) is 20.6. The lowest BCUT2D eigenvalue weighted by molar-refractivity contribution is -0.151. The first kappa shape index (κ1) is 20.4. The molecule has 10 heteroatoms. The number of carbonyl (C=O) groups excluding carboxylic acids is 1. The standard InChI is InChI=1S/C19H26N2O7S/c1-29(24,25)20-12-2-3-16-14(8-12)15-9-13(27-17(11-22)19(15)28-16)10-18(23)21-4-6-26-7-5-21/h2-3,8,13,15,17,19-20,22H,4-7,9-11H2,1H3/t13-,15-,17+,19+/m1/s1. The molecular formula is C19H26N2O7S. The molecule has 160 valence electrons. The average Bonchev–Trinajstić information content (AvgIpc) is 3.05. The van der Waals surface area contributed by atoms with E-state index in [9.17, 15) is 18.3 Å². The maximum Gasteiger partial charge on any atom is 0.229 e. The van der Waals surface area contributed by atoms with E-state index in [-0.39, 0.29) is 37.1 Å². The third kappa shape index (κ3) is 4.50.